The van der Waals surface area contributed by atoms with Gasteiger partial charge in [0, 0.05) is 34.5 Å². The van der Waals surface area contributed by atoms with Crippen molar-refractivity contribution in [2.45, 2.75) is 38.0 Å². The van der Waals surface area contributed by atoms with Gasteiger partial charge in [-0.1, -0.05) is 45.8 Å². The van der Waals surface area contributed by atoms with E-state index >= 15 is 0 Å². The van der Waals surface area contributed by atoms with E-state index in [0.717, 1.165) is 26.9 Å². The molecule has 0 unspecified atom stereocenters. The summed E-state index contributed by atoms with van der Waals surface area (Å²) in [6.45, 7) is 2.23. The summed E-state index contributed by atoms with van der Waals surface area (Å²) in [5.74, 6) is 1.17. The molecular formula is C23H20BrNO4. The zero-order chi connectivity index (χ0) is 20.1. The highest BCUT2D eigenvalue weighted by Crippen LogP contribution is 2.47. The topological polar surface area (TPSA) is 64.6 Å². The largest absolute Gasteiger partial charge is 0.454 e. The number of carbonyl (C=O) groups is 2. The number of amides is 1. The van der Waals surface area contributed by atoms with Gasteiger partial charge in [0.05, 0.1) is 0 Å². The summed E-state index contributed by atoms with van der Waals surface area (Å²) in [4.78, 5) is 25.7. The maximum absolute atomic E-state index is 13.2. The highest BCUT2D eigenvalue weighted by atomic mass is 79.9. The van der Waals surface area contributed by atoms with Crippen molar-refractivity contribution < 1.29 is 19.1 Å². The Morgan fingerprint density at radius 2 is 1.72 bits per heavy atom. The first-order valence-corrected chi connectivity index (χ1v) is 10.5. The molecule has 5 nitrogen and oxygen atoms in total. The van der Waals surface area contributed by atoms with Crippen molar-refractivity contribution in [2.24, 2.45) is 0 Å². The van der Waals surface area contributed by atoms with E-state index in [1.807, 2.05) is 19.1 Å². The number of fused-ring (bicyclic) bond motifs is 1. The highest BCUT2D eigenvalue weighted by molar-refractivity contribution is 9.10. The van der Waals surface area contributed by atoms with Crippen LogP contribution in [0.25, 0.3) is 0 Å². The van der Waals surface area contributed by atoms with Crippen molar-refractivity contribution in [3.63, 3.8) is 0 Å². The molecule has 0 spiro atoms. The molecule has 0 saturated carbocycles. The molecule has 2 aliphatic heterocycles. The first-order chi connectivity index (χ1) is 14.0. The smallest absolute Gasteiger partial charge is 0.231 e. The molecule has 5 rings (SSSR count). The quantitative estimate of drug-likeness (QED) is 0.727. The molecule has 2 heterocycles. The Balaban J connectivity index is 1.54. The van der Waals surface area contributed by atoms with Gasteiger partial charge in [0.1, 0.15) is 0 Å². The minimum atomic E-state index is -0.283. The Morgan fingerprint density at radius 1 is 1.00 bits per heavy atom. The fraction of sp³-hybridized carbons (Fsp3) is 0.304. The molecule has 148 valence electrons. The van der Waals surface area contributed by atoms with Crippen LogP contribution in [-0.2, 0) is 9.59 Å². The molecule has 0 aromatic heterocycles. The van der Waals surface area contributed by atoms with Crippen LogP contribution in [0.5, 0.6) is 11.5 Å². The zero-order valence-electron chi connectivity index (χ0n) is 16.0. The van der Waals surface area contributed by atoms with E-state index in [1.165, 1.54) is 5.56 Å². The lowest BCUT2D eigenvalue weighted by Gasteiger charge is -2.35. The van der Waals surface area contributed by atoms with Gasteiger partial charge >= 0.3 is 0 Å². The average Bonchev–Trinajstić information content (AvgIpc) is 3.14. The Bertz CT molecular complexity index is 1060. The second kappa shape index (κ2) is 7.02. The summed E-state index contributed by atoms with van der Waals surface area (Å²) in [5.41, 5.74) is 4.70. The summed E-state index contributed by atoms with van der Waals surface area (Å²) in [6, 6.07) is 12.0. The lowest BCUT2D eigenvalue weighted by Crippen LogP contribution is -2.38. The number of hydrogen-bond acceptors (Lipinski definition) is 4. The van der Waals surface area contributed by atoms with Crippen LogP contribution in [0.1, 0.15) is 47.8 Å². The van der Waals surface area contributed by atoms with E-state index in [-0.39, 0.29) is 36.7 Å². The second-order valence-electron chi connectivity index (χ2n) is 7.86. The van der Waals surface area contributed by atoms with E-state index in [1.54, 1.807) is 0 Å². The fourth-order valence-corrected chi connectivity index (χ4v) is 5.10. The summed E-state index contributed by atoms with van der Waals surface area (Å²) < 4.78 is 11.8. The van der Waals surface area contributed by atoms with Crippen LogP contribution < -0.4 is 14.8 Å². The van der Waals surface area contributed by atoms with E-state index in [2.05, 4.69) is 45.5 Å². The van der Waals surface area contributed by atoms with Gasteiger partial charge in [-0.05, 0) is 42.5 Å². The van der Waals surface area contributed by atoms with Gasteiger partial charge in [-0.2, -0.15) is 0 Å². The molecule has 1 aliphatic carbocycles. The number of allylic oxidation sites excluding steroid dienone is 2. The van der Waals surface area contributed by atoms with E-state index in [9.17, 15) is 9.59 Å². The Labute approximate surface area is 177 Å². The van der Waals surface area contributed by atoms with Gasteiger partial charge in [0.2, 0.25) is 12.7 Å². The number of ketones is 1. The van der Waals surface area contributed by atoms with Crippen molar-refractivity contribution in [3.8, 4) is 11.5 Å². The molecule has 2 atom stereocenters. The molecule has 3 aliphatic rings. The number of hydrogen-bond donors (Lipinski definition) is 1. The minimum absolute atomic E-state index is 0.0596. The van der Waals surface area contributed by atoms with Gasteiger partial charge in [0.25, 0.3) is 0 Å². The Hall–Kier alpha value is -2.60. The molecular weight excluding hydrogens is 434 g/mol. The molecule has 0 saturated heterocycles. The van der Waals surface area contributed by atoms with Gasteiger partial charge < -0.3 is 14.8 Å². The standard InChI is InChI=1S/C23H20BrNO4/c1-12-2-4-13(5-3-12)14-6-18-23(19(26)7-14)16(9-22(27)25-18)15-8-20-21(10-17(15)24)29-11-28-20/h2-5,8,10,14,16H,6-7,9,11H2,1H3,(H,25,27)/t14-,16-/m0/s1. The third kappa shape index (κ3) is 3.25. The van der Waals surface area contributed by atoms with Crippen molar-refractivity contribution >= 4 is 27.6 Å². The molecule has 0 fully saturated rings. The number of nitrogens with one attached hydrogen (secondary N) is 1. The van der Waals surface area contributed by atoms with E-state index < -0.39 is 0 Å². The summed E-state index contributed by atoms with van der Waals surface area (Å²) in [6.07, 6.45) is 1.36. The monoisotopic (exact) mass is 453 g/mol. The molecule has 1 amide bonds. The normalized spacial score (nSPS) is 23.1. The predicted molar refractivity (Wildman–Crippen MR) is 111 cm³/mol. The van der Waals surface area contributed by atoms with Crippen LogP contribution in [0.4, 0.5) is 0 Å². The SMILES string of the molecule is Cc1ccc([C@@H]2CC(=O)C3=C(C2)NC(=O)C[C@H]3c2cc3c(cc2Br)OCO3)cc1. The molecule has 29 heavy (non-hydrogen) atoms. The van der Waals surface area contributed by atoms with Crippen molar-refractivity contribution in [2.75, 3.05) is 6.79 Å². The number of carbonyl (C=O) groups excluding carboxylic acids is 2. The molecule has 0 radical (unpaired) electrons. The second-order valence-corrected chi connectivity index (χ2v) is 8.72. The molecule has 0 bridgehead atoms. The lowest BCUT2D eigenvalue weighted by molar-refractivity contribution is -0.122. The summed E-state index contributed by atoms with van der Waals surface area (Å²) >= 11 is 3.60. The van der Waals surface area contributed by atoms with Gasteiger partial charge in [-0.25, -0.2) is 0 Å². The van der Waals surface area contributed by atoms with Crippen LogP contribution in [0.15, 0.2) is 52.1 Å². The number of ether oxygens (including phenoxy) is 2. The van der Waals surface area contributed by atoms with Gasteiger partial charge in [0.15, 0.2) is 17.3 Å². The number of benzene rings is 2. The van der Waals surface area contributed by atoms with Crippen molar-refractivity contribution in [1.82, 2.24) is 5.32 Å². The first-order valence-electron chi connectivity index (χ1n) is 9.71. The number of rotatable bonds is 2. The predicted octanol–water partition coefficient (Wildman–Crippen LogP) is 4.49. The van der Waals surface area contributed by atoms with Crippen LogP contribution >= 0.6 is 15.9 Å². The highest BCUT2D eigenvalue weighted by Gasteiger charge is 2.39. The summed E-state index contributed by atoms with van der Waals surface area (Å²) in [7, 11) is 0. The van der Waals surface area contributed by atoms with Gasteiger partial charge in [-0.3, -0.25) is 9.59 Å². The lowest BCUT2D eigenvalue weighted by atomic mass is 9.73. The number of Topliss-reactive ketones (excluding diaryl/α,β-unsaturated/α-hetero) is 1. The van der Waals surface area contributed by atoms with Gasteiger partial charge in [-0.15, -0.1) is 0 Å². The number of halogens is 1. The van der Waals surface area contributed by atoms with E-state index in [4.69, 9.17) is 9.47 Å². The van der Waals surface area contributed by atoms with Crippen molar-refractivity contribution in [3.05, 3.63) is 68.8 Å². The molecule has 1 N–H and O–H groups in total. The third-order valence-electron chi connectivity index (χ3n) is 5.95. The molecule has 6 heteroatoms. The van der Waals surface area contributed by atoms with Crippen LogP contribution in [0, 0.1) is 6.92 Å². The fourth-order valence-electron chi connectivity index (χ4n) is 4.50. The van der Waals surface area contributed by atoms with Crippen LogP contribution in [0.2, 0.25) is 0 Å². The maximum atomic E-state index is 13.2. The van der Waals surface area contributed by atoms with Crippen LogP contribution in [-0.4, -0.2) is 18.5 Å². The Kier molecular flexibility index (Phi) is 4.46. The summed E-state index contributed by atoms with van der Waals surface area (Å²) in [5, 5.41) is 2.98. The Morgan fingerprint density at radius 3 is 2.48 bits per heavy atom. The zero-order valence-corrected chi connectivity index (χ0v) is 17.5. The number of aryl methyl sites for hydroxylation is 1. The van der Waals surface area contributed by atoms with Crippen LogP contribution in [0.3, 0.4) is 0 Å². The molecule has 2 aromatic carbocycles. The first kappa shape index (κ1) is 18.4. The average molecular weight is 454 g/mol. The molecule has 2 aromatic rings. The van der Waals surface area contributed by atoms with E-state index in [0.29, 0.717) is 24.3 Å². The third-order valence-corrected chi connectivity index (χ3v) is 6.64. The minimum Gasteiger partial charge on any atom is -0.454 e. The maximum Gasteiger partial charge on any atom is 0.231 e. The van der Waals surface area contributed by atoms with Crippen molar-refractivity contribution in [1.29, 1.82) is 0 Å².